The quantitative estimate of drug-likeness (QED) is 0.800. The molecule has 0 heterocycles. The Bertz CT molecular complexity index is 665. The molecule has 2 aliphatic carbocycles. The van der Waals surface area contributed by atoms with E-state index in [9.17, 15) is 9.59 Å². The van der Waals surface area contributed by atoms with Crippen LogP contribution < -0.4 is 9.47 Å². The molecule has 1 aromatic carbocycles. The lowest BCUT2D eigenvalue weighted by Gasteiger charge is -2.44. The Kier molecular flexibility index (Phi) is 3.74. The highest BCUT2D eigenvalue weighted by Gasteiger charge is 2.62. The monoisotopic (exact) mass is 316 g/mol. The van der Waals surface area contributed by atoms with E-state index in [-0.39, 0.29) is 22.9 Å². The van der Waals surface area contributed by atoms with Crippen LogP contribution in [0.1, 0.15) is 45.1 Å². The number of ether oxygens (including phenoxy) is 2. The van der Waals surface area contributed by atoms with Gasteiger partial charge in [0.25, 0.3) is 0 Å². The molecule has 0 spiro atoms. The number of carbonyl (C=O) groups is 2. The van der Waals surface area contributed by atoms with Crippen LogP contribution in [-0.4, -0.2) is 25.8 Å². The lowest BCUT2D eigenvalue weighted by Crippen LogP contribution is -2.46. The van der Waals surface area contributed by atoms with Crippen LogP contribution in [0, 0.1) is 11.3 Å². The fraction of sp³-hybridized carbons (Fsp3) is 0.579. The zero-order valence-electron chi connectivity index (χ0n) is 14.3. The molecule has 0 saturated heterocycles. The fourth-order valence-electron chi connectivity index (χ4n) is 4.53. The molecule has 2 aliphatic rings. The highest BCUT2D eigenvalue weighted by molar-refractivity contribution is 6.15. The number of benzene rings is 1. The van der Waals surface area contributed by atoms with E-state index in [0.717, 1.165) is 29.9 Å². The predicted octanol–water partition coefficient (Wildman–Crippen LogP) is 3.31. The Morgan fingerprint density at radius 3 is 2.52 bits per heavy atom. The molecule has 23 heavy (non-hydrogen) atoms. The van der Waals surface area contributed by atoms with Crippen LogP contribution in [0.4, 0.5) is 0 Å². The van der Waals surface area contributed by atoms with Crippen molar-refractivity contribution in [3.05, 3.63) is 23.8 Å². The van der Waals surface area contributed by atoms with Crippen molar-refractivity contribution in [3.63, 3.8) is 0 Å². The van der Waals surface area contributed by atoms with Gasteiger partial charge in [-0.3, -0.25) is 9.59 Å². The van der Waals surface area contributed by atoms with Gasteiger partial charge in [0.15, 0.2) is 5.78 Å². The molecular formula is C19H24O4. The topological polar surface area (TPSA) is 52.6 Å². The van der Waals surface area contributed by atoms with Crippen LogP contribution in [0.2, 0.25) is 0 Å². The summed E-state index contributed by atoms with van der Waals surface area (Å²) in [5.74, 6) is 1.46. The minimum atomic E-state index is -0.761. The third-order valence-electron chi connectivity index (χ3n) is 6.18. The number of hydrogen-bond acceptors (Lipinski definition) is 4. The van der Waals surface area contributed by atoms with Crippen LogP contribution in [0.3, 0.4) is 0 Å². The van der Waals surface area contributed by atoms with E-state index in [2.05, 4.69) is 6.92 Å². The molecule has 4 nitrogen and oxygen atoms in total. The van der Waals surface area contributed by atoms with E-state index in [1.165, 1.54) is 0 Å². The molecule has 2 fully saturated rings. The van der Waals surface area contributed by atoms with E-state index in [1.807, 2.05) is 25.1 Å². The summed E-state index contributed by atoms with van der Waals surface area (Å²) < 4.78 is 10.9. The molecule has 4 heteroatoms. The van der Waals surface area contributed by atoms with Gasteiger partial charge in [-0.1, -0.05) is 13.0 Å². The van der Waals surface area contributed by atoms with E-state index in [0.29, 0.717) is 12.8 Å². The van der Waals surface area contributed by atoms with Crippen LogP contribution in [0.25, 0.3) is 0 Å². The Morgan fingerprint density at radius 1 is 1.17 bits per heavy atom. The first-order valence-corrected chi connectivity index (χ1v) is 8.23. The maximum absolute atomic E-state index is 12.9. The van der Waals surface area contributed by atoms with Crippen molar-refractivity contribution < 1.29 is 19.1 Å². The van der Waals surface area contributed by atoms with Crippen LogP contribution in [0.5, 0.6) is 11.5 Å². The van der Waals surface area contributed by atoms with Gasteiger partial charge in [-0.25, -0.2) is 0 Å². The van der Waals surface area contributed by atoms with Gasteiger partial charge < -0.3 is 9.47 Å². The largest absolute Gasteiger partial charge is 0.497 e. The van der Waals surface area contributed by atoms with E-state index < -0.39 is 5.41 Å². The number of methoxy groups -OCH3 is 2. The van der Waals surface area contributed by atoms with Crippen LogP contribution in [-0.2, 0) is 15.0 Å². The van der Waals surface area contributed by atoms with Crippen molar-refractivity contribution in [2.75, 3.05) is 14.2 Å². The number of carbonyl (C=O) groups excluding carboxylic acids is 2. The van der Waals surface area contributed by atoms with Crippen molar-refractivity contribution in [2.24, 2.45) is 11.3 Å². The predicted molar refractivity (Wildman–Crippen MR) is 87.0 cm³/mol. The molecule has 0 radical (unpaired) electrons. The summed E-state index contributed by atoms with van der Waals surface area (Å²) in [6, 6.07) is 5.77. The average molecular weight is 316 g/mol. The van der Waals surface area contributed by atoms with Crippen LogP contribution >= 0.6 is 0 Å². The molecule has 0 amide bonds. The maximum atomic E-state index is 12.9. The Hall–Kier alpha value is -1.84. The average Bonchev–Trinajstić information content (AvgIpc) is 2.73. The summed E-state index contributed by atoms with van der Waals surface area (Å²) in [6.45, 7) is 3.92. The molecule has 2 saturated carbocycles. The van der Waals surface area contributed by atoms with E-state index >= 15 is 0 Å². The summed E-state index contributed by atoms with van der Waals surface area (Å²) >= 11 is 0. The fourth-order valence-corrected chi connectivity index (χ4v) is 4.53. The zero-order chi connectivity index (χ0) is 16.8. The van der Waals surface area contributed by atoms with Gasteiger partial charge in [0, 0.05) is 29.4 Å². The molecule has 2 bridgehead atoms. The molecule has 0 unspecified atom stereocenters. The van der Waals surface area contributed by atoms with E-state index in [4.69, 9.17) is 9.47 Å². The molecule has 3 rings (SSSR count). The first-order valence-electron chi connectivity index (χ1n) is 8.23. The summed E-state index contributed by atoms with van der Waals surface area (Å²) in [5.41, 5.74) is -0.0537. The Morgan fingerprint density at radius 2 is 1.91 bits per heavy atom. The van der Waals surface area contributed by atoms with Crippen LogP contribution in [0.15, 0.2) is 18.2 Å². The lowest BCUT2D eigenvalue weighted by atomic mass is 9.58. The molecule has 0 N–H and O–H groups in total. The Labute approximate surface area is 137 Å². The summed E-state index contributed by atoms with van der Waals surface area (Å²) in [6.07, 6.45) is 2.64. The number of ketones is 2. The van der Waals surface area contributed by atoms with Crippen molar-refractivity contribution >= 4 is 11.6 Å². The first-order chi connectivity index (χ1) is 10.9. The summed E-state index contributed by atoms with van der Waals surface area (Å²) in [7, 11) is 3.26. The highest BCUT2D eigenvalue weighted by atomic mass is 16.5. The molecule has 3 atom stereocenters. The highest BCUT2D eigenvalue weighted by Crippen LogP contribution is 2.58. The van der Waals surface area contributed by atoms with Gasteiger partial charge in [0.05, 0.1) is 19.6 Å². The third-order valence-corrected chi connectivity index (χ3v) is 6.18. The summed E-state index contributed by atoms with van der Waals surface area (Å²) in [4.78, 5) is 25.3. The summed E-state index contributed by atoms with van der Waals surface area (Å²) in [5, 5.41) is 0. The minimum Gasteiger partial charge on any atom is -0.497 e. The van der Waals surface area contributed by atoms with Crippen molar-refractivity contribution in [1.29, 1.82) is 0 Å². The molecule has 0 aromatic heterocycles. The van der Waals surface area contributed by atoms with Crippen molar-refractivity contribution in [2.45, 2.75) is 44.9 Å². The second kappa shape index (κ2) is 5.36. The normalized spacial score (nSPS) is 33.0. The number of rotatable bonds is 4. The minimum absolute atomic E-state index is 0.107. The van der Waals surface area contributed by atoms with E-state index in [1.54, 1.807) is 14.2 Å². The maximum Gasteiger partial charge on any atom is 0.150 e. The van der Waals surface area contributed by atoms with Gasteiger partial charge in [-0.05, 0) is 32.3 Å². The third kappa shape index (κ3) is 2.03. The lowest BCUT2D eigenvalue weighted by molar-refractivity contribution is -0.138. The SMILES string of the molecule is CC[C@]1(c2ccc(OC)cc2OC)CC[C@]2(C)C(=O)C[C@H]1C2=O. The molecule has 0 aliphatic heterocycles. The van der Waals surface area contributed by atoms with Crippen molar-refractivity contribution in [3.8, 4) is 11.5 Å². The first kappa shape index (κ1) is 16.0. The Balaban J connectivity index is 2.13. The van der Waals surface area contributed by atoms with Gasteiger partial charge >= 0.3 is 0 Å². The van der Waals surface area contributed by atoms with Gasteiger partial charge in [-0.15, -0.1) is 0 Å². The second-order valence-electron chi connectivity index (χ2n) is 6.95. The molecular weight excluding hydrogens is 292 g/mol. The number of fused-ring (bicyclic) bond motifs is 2. The smallest absolute Gasteiger partial charge is 0.150 e. The van der Waals surface area contributed by atoms with Gasteiger partial charge in [-0.2, -0.15) is 0 Å². The molecule has 124 valence electrons. The van der Waals surface area contributed by atoms with Gasteiger partial charge in [0.2, 0.25) is 0 Å². The van der Waals surface area contributed by atoms with Crippen molar-refractivity contribution in [1.82, 2.24) is 0 Å². The number of Topliss-reactive ketones (excluding diaryl/α,β-unsaturated/α-hetero) is 2. The standard InChI is InChI=1S/C19H24O4/c1-5-19(13-7-6-12(22-3)10-15(13)23-4)9-8-18(2)16(20)11-14(19)17(18)21/h6-7,10,14H,5,8-9,11H2,1-4H3/t14-,18+,19+/m0/s1. The molecule has 1 aromatic rings. The van der Waals surface area contributed by atoms with Gasteiger partial charge in [0.1, 0.15) is 17.3 Å². The number of hydrogen-bond donors (Lipinski definition) is 0. The second-order valence-corrected chi connectivity index (χ2v) is 6.95. The zero-order valence-corrected chi connectivity index (χ0v) is 14.3.